The Balaban J connectivity index is 1.50. The molecule has 3 aromatic rings. The Kier molecular flexibility index (Phi) is 8.57. The van der Waals surface area contributed by atoms with Crippen molar-refractivity contribution >= 4 is 22.7 Å². The van der Waals surface area contributed by atoms with Crippen LogP contribution in [0.4, 0.5) is 0 Å². The first kappa shape index (κ1) is 26.8. The summed E-state index contributed by atoms with van der Waals surface area (Å²) in [6, 6.07) is 16.9. The number of aromatic amines is 1. The van der Waals surface area contributed by atoms with Crippen molar-refractivity contribution < 1.29 is 24.9 Å². The van der Waals surface area contributed by atoms with E-state index in [1.165, 1.54) is 0 Å². The summed E-state index contributed by atoms with van der Waals surface area (Å²) in [5.74, 6) is -2.38. The highest BCUT2D eigenvalue weighted by atomic mass is 16.4. The lowest BCUT2D eigenvalue weighted by atomic mass is 9.72. The van der Waals surface area contributed by atoms with E-state index in [1.807, 2.05) is 60.7 Å². The summed E-state index contributed by atoms with van der Waals surface area (Å²) in [5.41, 5.74) is 14.5. The summed E-state index contributed by atoms with van der Waals surface area (Å²) in [4.78, 5) is 29.7. The van der Waals surface area contributed by atoms with Gasteiger partial charge < -0.3 is 42.4 Å². The van der Waals surface area contributed by atoms with Gasteiger partial charge in [0.05, 0.1) is 18.2 Å². The van der Waals surface area contributed by atoms with E-state index in [1.54, 1.807) is 0 Å². The molecule has 1 fully saturated rings. The number of amides is 2. The quantitative estimate of drug-likeness (QED) is 0.191. The van der Waals surface area contributed by atoms with Gasteiger partial charge in [-0.1, -0.05) is 48.5 Å². The topological polar surface area (TPSA) is 187 Å². The average Bonchev–Trinajstić information content (AvgIpc) is 3.33. The van der Waals surface area contributed by atoms with Crippen molar-refractivity contribution in [3.05, 3.63) is 71.9 Å². The minimum absolute atomic E-state index is 0.0701. The second-order valence-corrected chi connectivity index (χ2v) is 9.74. The first-order chi connectivity index (χ1) is 17.8. The molecule has 0 saturated heterocycles. The number of rotatable bonds is 9. The molecule has 0 bridgehead atoms. The molecule has 10 heteroatoms. The van der Waals surface area contributed by atoms with Gasteiger partial charge in [0, 0.05) is 36.0 Å². The lowest BCUT2D eigenvalue weighted by Crippen LogP contribution is -2.61. The van der Waals surface area contributed by atoms with Crippen molar-refractivity contribution in [3.63, 3.8) is 0 Å². The molecule has 10 nitrogen and oxygen atoms in total. The molecule has 1 aliphatic rings. The number of nitrogens with two attached hydrogens (primary N) is 2. The molecular formula is C27H35N5O5. The van der Waals surface area contributed by atoms with Crippen LogP contribution in [0, 0.1) is 11.8 Å². The number of benzene rings is 2. The lowest BCUT2D eigenvalue weighted by Gasteiger charge is -2.42. The van der Waals surface area contributed by atoms with Crippen molar-refractivity contribution in [2.24, 2.45) is 23.3 Å². The van der Waals surface area contributed by atoms with Crippen LogP contribution in [0.2, 0.25) is 0 Å². The minimum atomic E-state index is -1.47. The van der Waals surface area contributed by atoms with E-state index >= 15 is 0 Å². The summed E-state index contributed by atoms with van der Waals surface area (Å²) < 4.78 is 0. The van der Waals surface area contributed by atoms with Crippen molar-refractivity contribution in [2.75, 3.05) is 6.54 Å². The van der Waals surface area contributed by atoms with E-state index in [0.29, 0.717) is 0 Å². The molecule has 10 N–H and O–H groups in total. The first-order valence-corrected chi connectivity index (χ1v) is 12.5. The van der Waals surface area contributed by atoms with Crippen LogP contribution >= 0.6 is 0 Å². The van der Waals surface area contributed by atoms with Crippen LogP contribution in [0.1, 0.15) is 17.7 Å². The Labute approximate surface area is 215 Å². The van der Waals surface area contributed by atoms with Crippen molar-refractivity contribution in [1.29, 1.82) is 0 Å². The molecule has 2 aromatic carbocycles. The fourth-order valence-corrected chi connectivity index (χ4v) is 5.00. The predicted octanol–water partition coefficient (Wildman–Crippen LogP) is -0.484. The van der Waals surface area contributed by atoms with Gasteiger partial charge in [0.1, 0.15) is 12.1 Å². The van der Waals surface area contributed by atoms with Gasteiger partial charge in [-0.25, -0.2) is 0 Å². The second kappa shape index (κ2) is 11.8. The average molecular weight is 510 g/mol. The van der Waals surface area contributed by atoms with Crippen LogP contribution in [0.15, 0.2) is 60.7 Å². The molecule has 198 valence electrons. The van der Waals surface area contributed by atoms with Crippen molar-refractivity contribution in [3.8, 4) is 0 Å². The summed E-state index contributed by atoms with van der Waals surface area (Å²) in [7, 11) is 0. The van der Waals surface area contributed by atoms with Crippen LogP contribution in [0.3, 0.4) is 0 Å². The number of para-hydroxylation sites is 1. The fourth-order valence-electron chi connectivity index (χ4n) is 5.00. The molecule has 7 atom stereocenters. The number of carbonyl (C=O) groups excluding carboxylic acids is 2. The molecule has 0 spiro atoms. The number of aliphatic hydroxyl groups excluding tert-OH is 3. The van der Waals surface area contributed by atoms with Crippen LogP contribution in [0.25, 0.3) is 10.9 Å². The van der Waals surface area contributed by atoms with Crippen molar-refractivity contribution in [1.82, 2.24) is 15.6 Å². The minimum Gasteiger partial charge on any atom is -0.390 e. The zero-order valence-corrected chi connectivity index (χ0v) is 20.5. The van der Waals surface area contributed by atoms with E-state index in [2.05, 4.69) is 15.6 Å². The zero-order valence-electron chi connectivity index (χ0n) is 20.5. The van der Waals surface area contributed by atoms with Gasteiger partial charge in [0.15, 0.2) is 0 Å². The van der Waals surface area contributed by atoms with E-state index in [9.17, 15) is 24.9 Å². The van der Waals surface area contributed by atoms with E-state index in [4.69, 9.17) is 11.5 Å². The standard InChI is InChI=1S/C27H35N5O5/c28-13-17-11-19(24(34)25(35)23(17)33)22(29)27(37)32-21(26(36)30-14-15-6-2-1-3-7-15)12-18-10-16-8-4-5-9-20(16)31-18/h1-10,17,19,21-25,31,33-35H,11-14,28-29H2,(H,30,36)(H,32,37)/t17?,19?,21-,22+,23-,24-,25-/m0/s1. The maximum Gasteiger partial charge on any atom is 0.243 e. The number of nitrogens with one attached hydrogen (secondary N) is 3. The van der Waals surface area contributed by atoms with E-state index in [-0.39, 0.29) is 31.8 Å². The molecule has 2 unspecified atom stereocenters. The Morgan fingerprint density at radius 2 is 1.68 bits per heavy atom. The molecule has 0 aliphatic heterocycles. The van der Waals surface area contributed by atoms with Crippen molar-refractivity contribution in [2.45, 2.75) is 49.8 Å². The van der Waals surface area contributed by atoms with Crippen LogP contribution in [-0.2, 0) is 22.6 Å². The molecular weight excluding hydrogens is 474 g/mol. The number of hydrogen-bond donors (Lipinski definition) is 8. The number of hydrogen-bond acceptors (Lipinski definition) is 7. The molecule has 2 amide bonds. The Morgan fingerprint density at radius 3 is 2.38 bits per heavy atom. The molecule has 1 saturated carbocycles. The number of aliphatic hydroxyl groups is 3. The Morgan fingerprint density at radius 1 is 0.973 bits per heavy atom. The number of H-pyrrole nitrogens is 1. The van der Waals surface area contributed by atoms with E-state index < -0.39 is 48.1 Å². The maximum atomic E-state index is 13.2. The SMILES string of the molecule is NCC1CC([C@@H](N)C(=O)N[C@@H](Cc2cc3ccccc3[nH]2)C(=O)NCc2ccccc2)[C@H](O)[C@@H](O)[C@H]1O. The van der Waals surface area contributed by atoms with Crippen LogP contribution in [-0.4, -0.2) is 69.1 Å². The van der Waals surface area contributed by atoms with Gasteiger partial charge in [-0.05, 0) is 36.0 Å². The lowest BCUT2D eigenvalue weighted by molar-refractivity contribution is -0.147. The largest absolute Gasteiger partial charge is 0.390 e. The molecule has 0 radical (unpaired) electrons. The van der Waals surface area contributed by atoms with E-state index in [0.717, 1.165) is 22.2 Å². The molecule has 1 aromatic heterocycles. The summed E-state index contributed by atoms with van der Waals surface area (Å²) in [6.07, 6.45) is -3.73. The first-order valence-electron chi connectivity index (χ1n) is 12.5. The second-order valence-electron chi connectivity index (χ2n) is 9.74. The smallest absolute Gasteiger partial charge is 0.243 e. The molecule has 37 heavy (non-hydrogen) atoms. The fraction of sp³-hybridized carbons (Fsp3) is 0.407. The molecule has 1 aliphatic carbocycles. The van der Waals surface area contributed by atoms with Gasteiger partial charge in [-0.2, -0.15) is 0 Å². The summed E-state index contributed by atoms with van der Waals surface area (Å²) in [6.45, 7) is 0.356. The van der Waals surface area contributed by atoms with Gasteiger partial charge in [0.2, 0.25) is 11.8 Å². The number of fused-ring (bicyclic) bond motifs is 1. The maximum absolute atomic E-state index is 13.2. The van der Waals surface area contributed by atoms with Gasteiger partial charge in [0.25, 0.3) is 0 Å². The predicted molar refractivity (Wildman–Crippen MR) is 139 cm³/mol. The van der Waals surface area contributed by atoms with Crippen LogP contribution < -0.4 is 22.1 Å². The monoisotopic (exact) mass is 509 g/mol. The summed E-state index contributed by atoms with van der Waals surface area (Å²) >= 11 is 0. The highest BCUT2D eigenvalue weighted by Crippen LogP contribution is 2.31. The third-order valence-electron chi connectivity index (χ3n) is 7.22. The van der Waals surface area contributed by atoms with Crippen LogP contribution in [0.5, 0.6) is 0 Å². The van der Waals surface area contributed by atoms with Gasteiger partial charge >= 0.3 is 0 Å². The summed E-state index contributed by atoms with van der Waals surface area (Å²) in [5, 5.41) is 37.5. The Hall–Kier alpha value is -3.28. The van der Waals surface area contributed by atoms with Gasteiger partial charge in [-0.15, -0.1) is 0 Å². The van der Waals surface area contributed by atoms with Gasteiger partial charge in [-0.3, -0.25) is 9.59 Å². The number of carbonyl (C=O) groups is 2. The molecule has 1 heterocycles. The third-order valence-corrected chi connectivity index (χ3v) is 7.22. The zero-order chi connectivity index (χ0) is 26.5. The highest BCUT2D eigenvalue weighted by molar-refractivity contribution is 5.90. The Bertz CT molecular complexity index is 1170. The third kappa shape index (κ3) is 6.17. The molecule has 4 rings (SSSR count). The number of aromatic nitrogens is 1. The highest BCUT2D eigenvalue weighted by Gasteiger charge is 2.46. The normalized spacial score (nSPS) is 25.4.